The van der Waals surface area contributed by atoms with E-state index in [0.717, 1.165) is 37.9 Å². The number of halogens is 3. The molecule has 0 saturated carbocycles. The van der Waals surface area contributed by atoms with Crippen LogP contribution in [0.2, 0.25) is 0 Å². The molecule has 2 nitrogen and oxygen atoms in total. The van der Waals surface area contributed by atoms with Crippen LogP contribution in [0.25, 0.3) is 0 Å². The topological polar surface area (TPSA) is 12.5 Å². The Kier molecular flexibility index (Phi) is 7.97. The minimum Gasteiger partial charge on any atom is -0.375 e. The number of hydrogen-bond acceptors (Lipinski definition) is 2. The molecule has 1 unspecified atom stereocenters. The molecule has 0 amide bonds. The van der Waals surface area contributed by atoms with Gasteiger partial charge < -0.3 is 4.74 Å². The van der Waals surface area contributed by atoms with Crippen LogP contribution in [0.4, 0.5) is 13.2 Å². The van der Waals surface area contributed by atoms with E-state index in [1.165, 1.54) is 17.7 Å². The Labute approximate surface area is 174 Å². The average molecular weight is 412 g/mol. The van der Waals surface area contributed by atoms with Crippen molar-refractivity contribution < 1.29 is 17.9 Å². The Morgan fingerprint density at radius 1 is 1.07 bits per heavy atom. The maximum absolute atomic E-state index is 12.9. The lowest BCUT2D eigenvalue weighted by Crippen LogP contribution is -2.45. The van der Waals surface area contributed by atoms with E-state index in [-0.39, 0.29) is 17.6 Å². The van der Waals surface area contributed by atoms with Crippen LogP contribution in [0.3, 0.4) is 0 Å². The maximum atomic E-state index is 12.9. The third-order valence-corrected chi connectivity index (χ3v) is 5.65. The van der Waals surface area contributed by atoms with Crippen molar-refractivity contribution in [1.82, 2.24) is 4.90 Å². The molecule has 0 bridgehead atoms. The first-order valence-electron chi connectivity index (χ1n) is 10.6. The fourth-order valence-electron chi connectivity index (χ4n) is 4.16. The Morgan fingerprint density at radius 2 is 1.59 bits per heavy atom. The standard InChI is InChI=1S/C24H36F3NO/c1-17(2)15-21(28-13-11-22(12-14-28)29-18(3)4)16-23(5,6)19-7-9-20(10-8-19)24(25,26)27/h7-10,15,18,21-22H,11-14,16H2,1-6H3. The number of nitrogens with zero attached hydrogens (tertiary/aromatic N) is 1. The number of hydrogen-bond donors (Lipinski definition) is 0. The molecular weight excluding hydrogens is 375 g/mol. The summed E-state index contributed by atoms with van der Waals surface area (Å²) in [7, 11) is 0. The fourth-order valence-corrected chi connectivity index (χ4v) is 4.16. The molecule has 29 heavy (non-hydrogen) atoms. The summed E-state index contributed by atoms with van der Waals surface area (Å²) >= 11 is 0. The van der Waals surface area contributed by atoms with Gasteiger partial charge in [-0.15, -0.1) is 0 Å². The monoisotopic (exact) mass is 411 g/mol. The SMILES string of the molecule is CC(C)=CC(CC(C)(C)c1ccc(C(F)(F)F)cc1)N1CCC(OC(C)C)CC1. The number of allylic oxidation sites excluding steroid dienone is 1. The van der Waals surface area contributed by atoms with Gasteiger partial charge in [-0.2, -0.15) is 13.2 Å². The van der Waals surface area contributed by atoms with Crippen molar-refractivity contribution >= 4 is 0 Å². The average Bonchev–Trinajstić information content (AvgIpc) is 2.60. The van der Waals surface area contributed by atoms with Crippen molar-refractivity contribution in [2.75, 3.05) is 13.1 Å². The number of rotatable bonds is 7. The first-order chi connectivity index (χ1) is 13.4. The van der Waals surface area contributed by atoms with E-state index in [1.54, 1.807) is 12.1 Å². The molecule has 1 aliphatic heterocycles. The summed E-state index contributed by atoms with van der Waals surface area (Å²) in [5.41, 5.74) is 1.38. The second-order valence-electron chi connectivity index (χ2n) is 9.39. The molecular formula is C24H36F3NO. The van der Waals surface area contributed by atoms with E-state index in [2.05, 4.69) is 52.5 Å². The summed E-state index contributed by atoms with van der Waals surface area (Å²) in [5.74, 6) is 0. The highest BCUT2D eigenvalue weighted by Crippen LogP contribution is 2.35. The maximum Gasteiger partial charge on any atom is 0.416 e. The second-order valence-corrected chi connectivity index (χ2v) is 9.39. The first-order valence-corrected chi connectivity index (χ1v) is 10.6. The van der Waals surface area contributed by atoms with E-state index in [1.807, 2.05) is 0 Å². The number of likely N-dealkylation sites (tertiary alicyclic amines) is 1. The van der Waals surface area contributed by atoms with Crippen molar-refractivity contribution in [3.05, 3.63) is 47.0 Å². The highest BCUT2D eigenvalue weighted by atomic mass is 19.4. The lowest BCUT2D eigenvalue weighted by molar-refractivity contribution is -0.137. The Morgan fingerprint density at radius 3 is 2.03 bits per heavy atom. The van der Waals surface area contributed by atoms with Gasteiger partial charge in [0.1, 0.15) is 0 Å². The fraction of sp³-hybridized carbons (Fsp3) is 0.667. The van der Waals surface area contributed by atoms with Gasteiger partial charge in [0, 0.05) is 19.1 Å². The first kappa shape index (κ1) is 23.9. The summed E-state index contributed by atoms with van der Waals surface area (Å²) in [6.45, 7) is 14.6. The van der Waals surface area contributed by atoms with Crippen LogP contribution in [0.15, 0.2) is 35.9 Å². The number of ether oxygens (including phenoxy) is 1. The summed E-state index contributed by atoms with van der Waals surface area (Å²) in [4.78, 5) is 2.50. The molecule has 1 aromatic rings. The van der Waals surface area contributed by atoms with Crippen LogP contribution in [-0.4, -0.2) is 36.2 Å². The molecule has 0 spiro atoms. The van der Waals surface area contributed by atoms with Gasteiger partial charge in [-0.05, 0) is 70.1 Å². The Bertz CT molecular complexity index is 664. The molecule has 1 fully saturated rings. The lowest BCUT2D eigenvalue weighted by atomic mass is 9.78. The van der Waals surface area contributed by atoms with Gasteiger partial charge in [0.05, 0.1) is 17.8 Å². The number of benzene rings is 1. The van der Waals surface area contributed by atoms with Crippen LogP contribution in [0.1, 0.15) is 71.9 Å². The highest BCUT2D eigenvalue weighted by molar-refractivity contribution is 5.30. The minimum absolute atomic E-state index is 0.230. The van der Waals surface area contributed by atoms with Crippen molar-refractivity contribution in [2.45, 2.75) is 90.6 Å². The van der Waals surface area contributed by atoms with Crippen LogP contribution in [0.5, 0.6) is 0 Å². The molecule has 0 radical (unpaired) electrons. The Hall–Kier alpha value is -1.33. The normalized spacial score (nSPS) is 18.1. The molecule has 0 N–H and O–H groups in total. The van der Waals surface area contributed by atoms with E-state index in [0.29, 0.717) is 6.10 Å². The molecule has 1 aromatic carbocycles. The van der Waals surface area contributed by atoms with Crippen molar-refractivity contribution in [3.63, 3.8) is 0 Å². The molecule has 2 rings (SSSR count). The zero-order valence-electron chi connectivity index (χ0n) is 18.6. The van der Waals surface area contributed by atoms with E-state index >= 15 is 0 Å². The van der Waals surface area contributed by atoms with Gasteiger partial charge in [-0.1, -0.05) is 37.6 Å². The molecule has 0 aromatic heterocycles. The quantitative estimate of drug-likeness (QED) is 0.469. The van der Waals surface area contributed by atoms with Gasteiger partial charge in [-0.25, -0.2) is 0 Å². The van der Waals surface area contributed by atoms with Gasteiger partial charge in [0.2, 0.25) is 0 Å². The molecule has 1 aliphatic rings. The lowest BCUT2D eigenvalue weighted by Gasteiger charge is -2.40. The van der Waals surface area contributed by atoms with Gasteiger partial charge in [0.25, 0.3) is 0 Å². The molecule has 1 atom stereocenters. The Balaban J connectivity index is 2.12. The molecule has 5 heteroatoms. The predicted octanol–water partition coefficient (Wildman–Crippen LogP) is 6.60. The van der Waals surface area contributed by atoms with Crippen LogP contribution in [0, 0.1) is 0 Å². The van der Waals surface area contributed by atoms with Gasteiger partial charge >= 0.3 is 6.18 Å². The van der Waals surface area contributed by atoms with Crippen LogP contribution >= 0.6 is 0 Å². The van der Waals surface area contributed by atoms with E-state index in [9.17, 15) is 13.2 Å². The smallest absolute Gasteiger partial charge is 0.375 e. The minimum atomic E-state index is -4.30. The van der Waals surface area contributed by atoms with Gasteiger partial charge in [-0.3, -0.25) is 4.90 Å². The molecule has 164 valence electrons. The van der Waals surface area contributed by atoms with Crippen LogP contribution < -0.4 is 0 Å². The summed E-state index contributed by atoms with van der Waals surface area (Å²) in [6, 6.07) is 5.91. The van der Waals surface area contributed by atoms with Crippen molar-refractivity contribution in [3.8, 4) is 0 Å². The zero-order valence-corrected chi connectivity index (χ0v) is 18.6. The van der Waals surface area contributed by atoms with E-state index < -0.39 is 11.7 Å². The predicted molar refractivity (Wildman–Crippen MR) is 113 cm³/mol. The van der Waals surface area contributed by atoms with Crippen molar-refractivity contribution in [1.29, 1.82) is 0 Å². The molecule has 1 heterocycles. The number of alkyl halides is 3. The third-order valence-electron chi connectivity index (χ3n) is 5.65. The second kappa shape index (κ2) is 9.65. The van der Waals surface area contributed by atoms with E-state index in [4.69, 9.17) is 4.74 Å². The van der Waals surface area contributed by atoms with Crippen LogP contribution in [-0.2, 0) is 16.3 Å². The molecule has 0 aliphatic carbocycles. The summed E-state index contributed by atoms with van der Waals surface area (Å²) in [5, 5.41) is 0. The molecule has 1 saturated heterocycles. The summed E-state index contributed by atoms with van der Waals surface area (Å²) in [6.07, 6.45) is 1.47. The van der Waals surface area contributed by atoms with Gasteiger partial charge in [0.15, 0.2) is 0 Å². The third kappa shape index (κ3) is 7.14. The summed E-state index contributed by atoms with van der Waals surface area (Å²) < 4.78 is 44.7. The van der Waals surface area contributed by atoms with Crippen molar-refractivity contribution in [2.24, 2.45) is 0 Å². The largest absolute Gasteiger partial charge is 0.416 e. The highest BCUT2D eigenvalue weighted by Gasteiger charge is 2.33. The number of piperidine rings is 1. The zero-order chi connectivity index (χ0) is 21.8.